The molecule has 0 bridgehead atoms. The lowest BCUT2D eigenvalue weighted by molar-refractivity contribution is -0.120. The largest absolute Gasteiger partial charge is 0.493 e. The molecule has 0 atom stereocenters. The molecule has 3 rings (SSSR count). The fourth-order valence-electron chi connectivity index (χ4n) is 3.53. The maximum atomic E-state index is 12.4. The summed E-state index contributed by atoms with van der Waals surface area (Å²) in [5, 5.41) is 3.01. The first-order valence-corrected chi connectivity index (χ1v) is 11.1. The first-order chi connectivity index (χ1) is 16.1. The zero-order valence-electron chi connectivity index (χ0n) is 19.5. The highest BCUT2D eigenvalue weighted by Crippen LogP contribution is 2.27. The van der Waals surface area contributed by atoms with Crippen LogP contribution in [0.3, 0.4) is 0 Å². The molecule has 1 amide bonds. The van der Waals surface area contributed by atoms with E-state index in [-0.39, 0.29) is 5.91 Å². The zero-order chi connectivity index (χ0) is 23.5. The number of ether oxygens (including phenoxy) is 3. The van der Waals surface area contributed by atoms with Crippen molar-refractivity contribution in [1.82, 2.24) is 10.2 Å². The molecule has 3 aromatic carbocycles. The van der Waals surface area contributed by atoms with Crippen molar-refractivity contribution in [3.63, 3.8) is 0 Å². The minimum atomic E-state index is -0.0171. The number of amides is 1. The Balaban J connectivity index is 1.47. The third-order valence-corrected chi connectivity index (χ3v) is 5.29. The molecule has 0 heterocycles. The van der Waals surface area contributed by atoms with Crippen molar-refractivity contribution in [2.24, 2.45) is 0 Å². The van der Waals surface area contributed by atoms with Crippen molar-refractivity contribution in [3.05, 3.63) is 83.9 Å². The Hall–Kier alpha value is -3.51. The lowest BCUT2D eigenvalue weighted by atomic mass is 10.1. The Bertz CT molecular complexity index is 1020. The third kappa shape index (κ3) is 7.54. The van der Waals surface area contributed by atoms with E-state index in [1.54, 1.807) is 14.2 Å². The molecule has 6 heteroatoms. The zero-order valence-corrected chi connectivity index (χ0v) is 19.5. The summed E-state index contributed by atoms with van der Waals surface area (Å²) < 4.78 is 16.5. The molecule has 0 aliphatic rings. The summed E-state index contributed by atoms with van der Waals surface area (Å²) >= 11 is 0. The molecule has 0 saturated heterocycles. The Morgan fingerprint density at radius 1 is 0.848 bits per heavy atom. The molecule has 0 radical (unpaired) electrons. The number of nitrogens with zero attached hydrogens (tertiary/aromatic N) is 1. The van der Waals surface area contributed by atoms with Crippen LogP contribution < -0.4 is 19.5 Å². The second-order valence-corrected chi connectivity index (χ2v) is 7.65. The van der Waals surface area contributed by atoms with Gasteiger partial charge >= 0.3 is 0 Å². The molecule has 3 aromatic rings. The highest BCUT2D eigenvalue weighted by atomic mass is 16.5. The van der Waals surface area contributed by atoms with Crippen LogP contribution in [-0.4, -0.2) is 44.7 Å². The Kier molecular flexibility index (Phi) is 9.15. The van der Waals surface area contributed by atoms with E-state index in [0.717, 1.165) is 36.7 Å². The lowest BCUT2D eigenvalue weighted by Gasteiger charge is -2.21. The van der Waals surface area contributed by atoms with E-state index < -0.39 is 0 Å². The predicted octanol–water partition coefficient (Wildman–Crippen LogP) is 4.68. The van der Waals surface area contributed by atoms with Gasteiger partial charge in [0.2, 0.25) is 5.91 Å². The monoisotopic (exact) mass is 448 g/mol. The van der Waals surface area contributed by atoms with Gasteiger partial charge in [0.25, 0.3) is 0 Å². The predicted molar refractivity (Wildman–Crippen MR) is 130 cm³/mol. The van der Waals surface area contributed by atoms with Crippen LogP contribution in [-0.2, 0) is 17.8 Å². The van der Waals surface area contributed by atoms with Crippen LogP contribution in [0.4, 0.5) is 0 Å². The van der Waals surface area contributed by atoms with Crippen LogP contribution in [0.1, 0.15) is 18.1 Å². The molecular weight excluding hydrogens is 416 g/mol. The molecule has 1 N–H and O–H groups in total. The summed E-state index contributed by atoms with van der Waals surface area (Å²) in [6.45, 7) is 5.14. The van der Waals surface area contributed by atoms with E-state index in [9.17, 15) is 4.79 Å². The molecule has 33 heavy (non-hydrogen) atoms. The van der Waals surface area contributed by atoms with Gasteiger partial charge in [-0.05, 0) is 54.1 Å². The molecule has 0 spiro atoms. The molecule has 0 aliphatic heterocycles. The van der Waals surface area contributed by atoms with Crippen molar-refractivity contribution >= 4 is 5.91 Å². The first kappa shape index (κ1) is 24.1. The van der Waals surface area contributed by atoms with Gasteiger partial charge in [0, 0.05) is 19.6 Å². The van der Waals surface area contributed by atoms with Gasteiger partial charge in [-0.25, -0.2) is 0 Å². The van der Waals surface area contributed by atoms with Gasteiger partial charge in [-0.3, -0.25) is 9.69 Å². The van der Waals surface area contributed by atoms with Crippen molar-refractivity contribution in [3.8, 4) is 23.0 Å². The van der Waals surface area contributed by atoms with Crippen LogP contribution >= 0.6 is 0 Å². The number of carbonyl (C=O) groups is 1. The van der Waals surface area contributed by atoms with E-state index in [0.29, 0.717) is 24.5 Å². The fraction of sp³-hybridized carbons (Fsp3) is 0.296. The average Bonchev–Trinajstić information content (AvgIpc) is 2.84. The van der Waals surface area contributed by atoms with E-state index in [4.69, 9.17) is 14.2 Å². The quantitative estimate of drug-likeness (QED) is 0.436. The van der Waals surface area contributed by atoms with Crippen molar-refractivity contribution < 1.29 is 19.0 Å². The number of hydrogen-bond acceptors (Lipinski definition) is 5. The van der Waals surface area contributed by atoms with E-state index >= 15 is 0 Å². The van der Waals surface area contributed by atoms with Crippen molar-refractivity contribution in [1.29, 1.82) is 0 Å². The molecule has 0 unspecified atom stereocenters. The van der Waals surface area contributed by atoms with Crippen LogP contribution in [0.25, 0.3) is 0 Å². The average molecular weight is 449 g/mol. The van der Waals surface area contributed by atoms with Crippen LogP contribution in [0.2, 0.25) is 0 Å². The maximum Gasteiger partial charge on any atom is 0.224 e. The third-order valence-electron chi connectivity index (χ3n) is 5.29. The van der Waals surface area contributed by atoms with E-state index in [1.807, 2.05) is 60.7 Å². The number of para-hydroxylation sites is 1. The van der Waals surface area contributed by atoms with Crippen molar-refractivity contribution in [2.75, 3.05) is 33.9 Å². The molecule has 0 aliphatic carbocycles. The van der Waals surface area contributed by atoms with Crippen molar-refractivity contribution in [2.45, 2.75) is 19.9 Å². The van der Waals surface area contributed by atoms with Crippen LogP contribution in [0.5, 0.6) is 23.0 Å². The van der Waals surface area contributed by atoms with Crippen LogP contribution in [0.15, 0.2) is 72.8 Å². The van der Waals surface area contributed by atoms with E-state index in [2.05, 4.69) is 29.3 Å². The number of rotatable bonds is 12. The molecule has 174 valence electrons. The van der Waals surface area contributed by atoms with Gasteiger partial charge in [-0.1, -0.05) is 43.3 Å². The second kappa shape index (κ2) is 12.5. The summed E-state index contributed by atoms with van der Waals surface area (Å²) in [5.74, 6) is 2.89. The summed E-state index contributed by atoms with van der Waals surface area (Å²) in [6, 6.07) is 23.4. The van der Waals surface area contributed by atoms with E-state index in [1.165, 1.54) is 5.56 Å². The molecule has 0 fully saturated rings. The number of nitrogens with one attached hydrogen (secondary N) is 1. The highest BCUT2D eigenvalue weighted by Gasteiger charge is 2.10. The molecule has 0 aromatic heterocycles. The van der Waals surface area contributed by atoms with Gasteiger partial charge in [-0.2, -0.15) is 0 Å². The first-order valence-electron chi connectivity index (χ1n) is 11.1. The number of methoxy groups -OCH3 is 2. The highest BCUT2D eigenvalue weighted by molar-refractivity contribution is 5.78. The van der Waals surface area contributed by atoms with Gasteiger partial charge in [0.15, 0.2) is 11.5 Å². The molecule has 0 saturated carbocycles. The topological polar surface area (TPSA) is 60.0 Å². The Morgan fingerprint density at radius 2 is 1.61 bits per heavy atom. The van der Waals surface area contributed by atoms with Crippen LogP contribution in [0, 0.1) is 0 Å². The summed E-state index contributed by atoms with van der Waals surface area (Å²) in [6.07, 6.45) is 0.297. The molecule has 6 nitrogen and oxygen atoms in total. The SMILES string of the molecule is CCN(CCNC(=O)Cc1ccc(OC)c(OC)c1)Cc1cccc(Oc2ccccc2)c1. The van der Waals surface area contributed by atoms with Gasteiger partial charge in [-0.15, -0.1) is 0 Å². The minimum absolute atomic E-state index is 0.0171. The normalized spacial score (nSPS) is 10.7. The number of benzene rings is 3. The summed E-state index contributed by atoms with van der Waals surface area (Å²) in [7, 11) is 3.18. The summed E-state index contributed by atoms with van der Waals surface area (Å²) in [4.78, 5) is 14.7. The Labute approximate surface area is 196 Å². The lowest BCUT2D eigenvalue weighted by Crippen LogP contribution is -2.35. The number of likely N-dealkylation sites (N-methyl/N-ethyl adjacent to an activating group) is 1. The maximum absolute atomic E-state index is 12.4. The minimum Gasteiger partial charge on any atom is -0.493 e. The number of hydrogen-bond donors (Lipinski definition) is 1. The standard InChI is InChI=1S/C27H32N2O4/c1-4-29(20-22-9-8-12-24(17-22)33-23-10-6-5-7-11-23)16-15-28-27(30)19-21-13-14-25(31-2)26(18-21)32-3/h5-14,17-18H,4,15-16,19-20H2,1-3H3,(H,28,30). The van der Waals surface area contributed by atoms with Gasteiger partial charge in [0.05, 0.1) is 20.6 Å². The number of carbonyl (C=O) groups excluding carboxylic acids is 1. The molecular formula is C27H32N2O4. The van der Waals surface area contributed by atoms with Gasteiger partial charge < -0.3 is 19.5 Å². The summed E-state index contributed by atoms with van der Waals surface area (Å²) in [5.41, 5.74) is 2.05. The van der Waals surface area contributed by atoms with Gasteiger partial charge in [0.1, 0.15) is 11.5 Å². The fourth-order valence-corrected chi connectivity index (χ4v) is 3.53. The Morgan fingerprint density at radius 3 is 2.33 bits per heavy atom. The smallest absolute Gasteiger partial charge is 0.224 e. The second-order valence-electron chi connectivity index (χ2n) is 7.65.